The van der Waals surface area contributed by atoms with Crippen LogP contribution < -0.4 is 0 Å². The first kappa shape index (κ1) is 14.0. The molecule has 5 nitrogen and oxygen atoms in total. The van der Waals surface area contributed by atoms with Gasteiger partial charge in [-0.1, -0.05) is 15.9 Å². The van der Waals surface area contributed by atoms with E-state index in [1.54, 1.807) is 30.6 Å². The molecule has 108 valence electrons. The van der Waals surface area contributed by atoms with Crippen LogP contribution in [0.1, 0.15) is 28.8 Å². The summed E-state index contributed by atoms with van der Waals surface area (Å²) < 4.78 is 2.49. The zero-order valence-corrected chi connectivity index (χ0v) is 12.7. The van der Waals surface area contributed by atoms with Gasteiger partial charge in [0.15, 0.2) is 5.78 Å². The molecule has 0 amide bonds. The van der Waals surface area contributed by atoms with Crippen molar-refractivity contribution in [2.45, 2.75) is 19.4 Å². The molecular formula is C15H13BrN2O3. The van der Waals surface area contributed by atoms with E-state index in [1.807, 2.05) is 4.57 Å². The maximum atomic E-state index is 12.0. The second kappa shape index (κ2) is 5.44. The highest BCUT2D eigenvalue weighted by atomic mass is 79.9. The lowest BCUT2D eigenvalue weighted by Gasteiger charge is -2.05. The minimum Gasteiger partial charge on any atom is -0.349 e. The molecule has 1 aromatic carbocycles. The Morgan fingerprint density at radius 2 is 2.14 bits per heavy atom. The number of nitro groups is 1. The number of ketones is 1. The first-order valence-corrected chi connectivity index (χ1v) is 7.46. The van der Waals surface area contributed by atoms with E-state index in [-0.39, 0.29) is 22.3 Å². The lowest BCUT2D eigenvalue weighted by Crippen LogP contribution is -2.03. The molecule has 1 aliphatic carbocycles. The Balaban J connectivity index is 1.83. The minimum atomic E-state index is -0.389. The van der Waals surface area contributed by atoms with Crippen molar-refractivity contribution >= 4 is 27.4 Å². The molecule has 6 heteroatoms. The van der Waals surface area contributed by atoms with Crippen molar-refractivity contribution < 1.29 is 9.72 Å². The molecule has 1 fully saturated rings. The predicted molar refractivity (Wildman–Crippen MR) is 81.4 cm³/mol. The summed E-state index contributed by atoms with van der Waals surface area (Å²) >= 11 is 3.24. The van der Waals surface area contributed by atoms with Crippen molar-refractivity contribution in [1.29, 1.82) is 0 Å². The van der Waals surface area contributed by atoms with Crippen molar-refractivity contribution in [2.24, 2.45) is 5.92 Å². The highest BCUT2D eigenvalue weighted by molar-refractivity contribution is 9.10. The highest BCUT2D eigenvalue weighted by Crippen LogP contribution is 2.32. The molecule has 0 radical (unpaired) electrons. The number of rotatable bonds is 5. The number of carbonyl (C=O) groups is 1. The normalized spacial score (nSPS) is 14.1. The van der Waals surface area contributed by atoms with E-state index < -0.39 is 0 Å². The van der Waals surface area contributed by atoms with Crippen LogP contribution in [0.4, 0.5) is 5.69 Å². The molecule has 1 aliphatic rings. The van der Waals surface area contributed by atoms with Gasteiger partial charge in [-0.05, 0) is 31.0 Å². The number of Topliss-reactive ketones (excluding diaryl/α,β-unsaturated/α-hetero) is 1. The summed E-state index contributed by atoms with van der Waals surface area (Å²) in [5.41, 5.74) is 1.38. The molecule has 3 rings (SSSR count). The van der Waals surface area contributed by atoms with Gasteiger partial charge >= 0.3 is 0 Å². The molecule has 1 aromatic heterocycles. The first-order valence-electron chi connectivity index (χ1n) is 6.67. The number of aromatic nitrogens is 1. The molecule has 0 atom stereocenters. The van der Waals surface area contributed by atoms with Gasteiger partial charge in [0.05, 0.1) is 11.5 Å². The second-order valence-electron chi connectivity index (χ2n) is 5.24. The second-order valence-corrected chi connectivity index (χ2v) is 6.16. The molecule has 0 unspecified atom stereocenters. The molecule has 21 heavy (non-hydrogen) atoms. The average molecular weight is 349 g/mol. The van der Waals surface area contributed by atoms with E-state index >= 15 is 0 Å². The number of halogens is 1. The van der Waals surface area contributed by atoms with Crippen LogP contribution in [-0.2, 0) is 6.54 Å². The van der Waals surface area contributed by atoms with E-state index in [2.05, 4.69) is 15.9 Å². The predicted octanol–water partition coefficient (Wildman–Crippen LogP) is 3.80. The average Bonchev–Trinajstić information content (AvgIpc) is 3.20. The Morgan fingerprint density at radius 1 is 1.38 bits per heavy atom. The van der Waals surface area contributed by atoms with Gasteiger partial charge in [0.2, 0.25) is 0 Å². The first-order chi connectivity index (χ1) is 10.0. The number of benzene rings is 1. The Labute approximate surface area is 129 Å². The largest absolute Gasteiger partial charge is 0.349 e. The maximum Gasteiger partial charge on any atom is 0.275 e. The van der Waals surface area contributed by atoms with Crippen molar-refractivity contribution in [3.05, 3.63) is 62.4 Å². The van der Waals surface area contributed by atoms with Crippen molar-refractivity contribution in [3.8, 4) is 0 Å². The monoisotopic (exact) mass is 348 g/mol. The third-order valence-electron chi connectivity index (χ3n) is 3.58. The van der Waals surface area contributed by atoms with Gasteiger partial charge in [-0.2, -0.15) is 0 Å². The fourth-order valence-electron chi connectivity index (χ4n) is 2.30. The SMILES string of the molecule is O=C(c1ccn(Cc2ccc(Br)cc2[N+](=O)[O-])c1)C1CC1. The van der Waals surface area contributed by atoms with Crippen LogP contribution >= 0.6 is 15.9 Å². The number of carbonyl (C=O) groups excluding carboxylic acids is 1. The molecule has 0 aliphatic heterocycles. The van der Waals surface area contributed by atoms with Crippen LogP contribution in [0.2, 0.25) is 0 Å². The summed E-state index contributed by atoms with van der Waals surface area (Å²) in [7, 11) is 0. The molecule has 0 bridgehead atoms. The van der Waals surface area contributed by atoms with E-state index in [0.29, 0.717) is 22.1 Å². The Bertz CT molecular complexity index is 719. The van der Waals surface area contributed by atoms with Gasteiger partial charge < -0.3 is 4.57 Å². The van der Waals surface area contributed by atoms with Crippen molar-refractivity contribution in [3.63, 3.8) is 0 Å². The summed E-state index contributed by atoms with van der Waals surface area (Å²) in [6.07, 6.45) is 5.51. The quantitative estimate of drug-likeness (QED) is 0.469. The van der Waals surface area contributed by atoms with E-state index in [1.165, 1.54) is 6.07 Å². The fraction of sp³-hybridized carbons (Fsp3) is 0.267. The van der Waals surface area contributed by atoms with E-state index in [4.69, 9.17) is 0 Å². The molecule has 0 N–H and O–H groups in total. The molecule has 1 saturated carbocycles. The van der Waals surface area contributed by atoms with Gasteiger partial charge in [0.1, 0.15) is 0 Å². The van der Waals surface area contributed by atoms with Crippen molar-refractivity contribution in [1.82, 2.24) is 4.57 Å². The van der Waals surface area contributed by atoms with Crippen LogP contribution in [-0.4, -0.2) is 15.3 Å². The molecular weight excluding hydrogens is 336 g/mol. The standard InChI is InChI=1S/C15H13BrN2O3/c16-13-4-3-11(14(7-13)18(20)21)8-17-6-5-12(9-17)15(19)10-1-2-10/h3-7,9-10H,1-2,8H2. The van der Waals surface area contributed by atoms with E-state index in [9.17, 15) is 14.9 Å². The number of hydrogen-bond acceptors (Lipinski definition) is 3. The highest BCUT2D eigenvalue weighted by Gasteiger charge is 2.30. The summed E-state index contributed by atoms with van der Waals surface area (Å²) in [5.74, 6) is 0.363. The minimum absolute atomic E-state index is 0.0770. The van der Waals surface area contributed by atoms with Gasteiger partial charge in [0.25, 0.3) is 5.69 Å². The van der Waals surface area contributed by atoms with Crippen molar-refractivity contribution in [2.75, 3.05) is 0 Å². The molecule has 0 saturated heterocycles. The third kappa shape index (κ3) is 3.05. The van der Waals surface area contributed by atoms with Crippen LogP contribution in [0.5, 0.6) is 0 Å². The number of nitro benzene ring substituents is 1. The Hall–Kier alpha value is -1.95. The van der Waals surface area contributed by atoms with Gasteiger partial charge in [-0.25, -0.2) is 0 Å². The lowest BCUT2D eigenvalue weighted by atomic mass is 10.1. The Morgan fingerprint density at radius 3 is 2.81 bits per heavy atom. The molecule has 2 aromatic rings. The molecule has 0 spiro atoms. The van der Waals surface area contributed by atoms with Gasteiger partial charge in [-0.3, -0.25) is 14.9 Å². The van der Waals surface area contributed by atoms with Crippen LogP contribution in [0.25, 0.3) is 0 Å². The van der Waals surface area contributed by atoms with Crippen LogP contribution in [0.3, 0.4) is 0 Å². The van der Waals surface area contributed by atoms with Gasteiger partial charge in [-0.15, -0.1) is 0 Å². The number of hydrogen-bond donors (Lipinski definition) is 0. The smallest absolute Gasteiger partial charge is 0.275 e. The number of nitrogens with zero attached hydrogens (tertiary/aromatic N) is 2. The Kier molecular flexibility index (Phi) is 3.63. The van der Waals surface area contributed by atoms with Crippen LogP contribution in [0.15, 0.2) is 41.1 Å². The zero-order valence-electron chi connectivity index (χ0n) is 11.2. The summed E-state index contributed by atoms with van der Waals surface area (Å²) in [6, 6.07) is 6.78. The van der Waals surface area contributed by atoms with E-state index in [0.717, 1.165) is 12.8 Å². The lowest BCUT2D eigenvalue weighted by molar-refractivity contribution is -0.385. The summed E-state index contributed by atoms with van der Waals surface area (Å²) in [5, 5.41) is 11.1. The van der Waals surface area contributed by atoms with Gasteiger partial charge in [0, 0.05) is 40.0 Å². The zero-order chi connectivity index (χ0) is 15.0. The summed E-state index contributed by atoms with van der Waals surface area (Å²) in [4.78, 5) is 22.7. The fourth-order valence-corrected chi connectivity index (χ4v) is 2.65. The van der Waals surface area contributed by atoms with Crippen LogP contribution in [0, 0.1) is 16.0 Å². The molecule has 1 heterocycles. The topological polar surface area (TPSA) is 65.1 Å². The summed E-state index contributed by atoms with van der Waals surface area (Å²) in [6.45, 7) is 0.377. The maximum absolute atomic E-state index is 12.0. The third-order valence-corrected chi connectivity index (χ3v) is 4.07.